The van der Waals surface area contributed by atoms with E-state index in [-0.39, 0.29) is 16.5 Å². The largest absolute Gasteiger partial charge is 0.744 e. The summed E-state index contributed by atoms with van der Waals surface area (Å²) in [5.74, 6) is -11.9. The Morgan fingerprint density at radius 1 is 0.641 bits per heavy atom. The molecule has 0 radical (unpaired) electrons. The molecule has 0 aliphatic carbocycles. The first-order chi connectivity index (χ1) is 18.2. The van der Waals surface area contributed by atoms with Crippen LogP contribution in [0.4, 0.5) is 22.0 Å². The standard InChI is InChI=1S/C22H23OS.C6HF5O3S/c1-22(2,3)23-18-11-10-16-21(17-18)24(19-12-6-4-7-13-19)20-14-8-5-9-15-20;7-1-2(8)4(10)6(15(12,13)14)5(11)3(1)9/h4-17H,1-3H3;(H,12,13,14)/q+1;/p-1. The van der Waals surface area contributed by atoms with Crippen LogP contribution in [-0.4, -0.2) is 18.6 Å². The minimum Gasteiger partial charge on any atom is -0.744 e. The molecule has 0 atom stereocenters. The van der Waals surface area contributed by atoms with Crippen LogP contribution in [0.5, 0.6) is 5.75 Å². The van der Waals surface area contributed by atoms with Crippen LogP contribution in [0, 0.1) is 29.1 Å². The zero-order valence-electron chi connectivity index (χ0n) is 20.9. The minimum atomic E-state index is -5.77. The third-order valence-corrected chi connectivity index (χ3v) is 7.91. The van der Waals surface area contributed by atoms with Gasteiger partial charge in [-0.3, -0.25) is 0 Å². The molecule has 0 spiro atoms. The summed E-state index contributed by atoms with van der Waals surface area (Å²) in [6.45, 7) is 6.23. The first kappa shape index (κ1) is 30.1. The number of rotatable bonds is 5. The van der Waals surface area contributed by atoms with Crippen LogP contribution < -0.4 is 4.74 Å². The Labute approximate surface area is 226 Å². The Morgan fingerprint density at radius 2 is 1.05 bits per heavy atom. The van der Waals surface area contributed by atoms with Crippen molar-refractivity contribution in [2.24, 2.45) is 0 Å². The van der Waals surface area contributed by atoms with Crippen molar-refractivity contribution in [3.8, 4) is 5.75 Å². The monoisotopic (exact) mass is 582 g/mol. The predicted octanol–water partition coefficient (Wildman–Crippen LogP) is 7.25. The fourth-order valence-corrected chi connectivity index (χ4v) is 6.09. The molecule has 4 rings (SSSR count). The highest BCUT2D eigenvalue weighted by Gasteiger charge is 2.30. The van der Waals surface area contributed by atoms with Gasteiger partial charge in [-0.1, -0.05) is 42.5 Å². The van der Waals surface area contributed by atoms with Crippen molar-refractivity contribution in [3.05, 3.63) is 114 Å². The molecular weight excluding hydrogens is 559 g/mol. The van der Waals surface area contributed by atoms with E-state index in [9.17, 15) is 34.9 Å². The van der Waals surface area contributed by atoms with Crippen molar-refractivity contribution in [2.75, 3.05) is 0 Å². The number of halogens is 5. The van der Waals surface area contributed by atoms with Gasteiger partial charge in [-0.2, -0.15) is 0 Å². The minimum absolute atomic E-state index is 0.133. The van der Waals surface area contributed by atoms with Crippen LogP contribution in [0.1, 0.15) is 20.8 Å². The van der Waals surface area contributed by atoms with E-state index in [2.05, 4.69) is 99.6 Å². The number of benzene rings is 4. The van der Waals surface area contributed by atoms with Gasteiger partial charge in [0, 0.05) is 6.07 Å². The van der Waals surface area contributed by atoms with Crippen molar-refractivity contribution >= 4 is 21.0 Å². The topological polar surface area (TPSA) is 66.4 Å². The maximum atomic E-state index is 12.6. The molecule has 4 aromatic rings. The highest BCUT2D eigenvalue weighted by atomic mass is 32.2. The number of ether oxygens (including phenoxy) is 1. The predicted molar refractivity (Wildman–Crippen MR) is 136 cm³/mol. The van der Waals surface area contributed by atoms with E-state index in [1.165, 1.54) is 14.7 Å². The van der Waals surface area contributed by atoms with Gasteiger partial charge in [0.15, 0.2) is 38.0 Å². The lowest BCUT2D eigenvalue weighted by Crippen LogP contribution is -2.23. The fraction of sp³-hybridized carbons (Fsp3) is 0.143. The van der Waals surface area contributed by atoms with Crippen LogP contribution in [0.15, 0.2) is 105 Å². The van der Waals surface area contributed by atoms with Crippen LogP contribution >= 0.6 is 0 Å². The lowest BCUT2D eigenvalue weighted by Gasteiger charge is -2.21. The van der Waals surface area contributed by atoms with E-state index in [1.807, 2.05) is 6.07 Å². The summed E-state index contributed by atoms with van der Waals surface area (Å²) in [6, 6.07) is 29.8. The summed E-state index contributed by atoms with van der Waals surface area (Å²) in [4.78, 5) is 1.53. The second kappa shape index (κ2) is 12.2. The number of hydrogen-bond acceptors (Lipinski definition) is 4. The second-order valence-electron chi connectivity index (χ2n) is 8.97. The van der Waals surface area contributed by atoms with Crippen molar-refractivity contribution in [3.63, 3.8) is 0 Å². The fourth-order valence-electron chi connectivity index (χ4n) is 3.34. The van der Waals surface area contributed by atoms with E-state index in [0.29, 0.717) is 0 Å². The Balaban J connectivity index is 0.000000242. The van der Waals surface area contributed by atoms with Crippen molar-refractivity contribution in [1.82, 2.24) is 0 Å². The molecule has 4 nitrogen and oxygen atoms in total. The third kappa shape index (κ3) is 7.59. The number of hydrogen-bond donors (Lipinski definition) is 0. The molecule has 0 aromatic heterocycles. The molecule has 0 N–H and O–H groups in total. The van der Waals surface area contributed by atoms with Gasteiger partial charge in [0.1, 0.15) is 26.4 Å². The van der Waals surface area contributed by atoms with E-state index in [0.717, 1.165) is 5.75 Å². The van der Waals surface area contributed by atoms with Crippen molar-refractivity contribution < 1.29 is 39.7 Å². The molecule has 0 aliphatic rings. The molecule has 4 aromatic carbocycles. The molecule has 0 saturated carbocycles. The second-order valence-corrected chi connectivity index (χ2v) is 12.3. The van der Waals surface area contributed by atoms with Crippen LogP contribution in [0.2, 0.25) is 0 Å². The normalized spacial score (nSPS) is 11.6. The van der Waals surface area contributed by atoms with Gasteiger partial charge in [-0.05, 0) is 57.2 Å². The molecule has 0 heterocycles. The molecule has 0 bridgehead atoms. The van der Waals surface area contributed by atoms with Crippen molar-refractivity contribution in [2.45, 2.75) is 46.0 Å². The highest BCUT2D eigenvalue weighted by Crippen LogP contribution is 2.33. The molecule has 0 aliphatic heterocycles. The molecule has 0 amide bonds. The summed E-state index contributed by atoms with van der Waals surface area (Å²) in [6.07, 6.45) is 0. The maximum Gasteiger partial charge on any atom is 0.200 e. The summed E-state index contributed by atoms with van der Waals surface area (Å²) in [5.41, 5.74) is -0.198. The summed E-state index contributed by atoms with van der Waals surface area (Å²) >= 11 is 0. The van der Waals surface area contributed by atoms with E-state index in [1.54, 1.807) is 0 Å². The molecule has 0 unspecified atom stereocenters. The average Bonchev–Trinajstić information content (AvgIpc) is 2.87. The molecule has 0 fully saturated rings. The smallest absolute Gasteiger partial charge is 0.200 e. The van der Waals surface area contributed by atoms with Gasteiger partial charge in [0.2, 0.25) is 5.82 Å². The van der Waals surface area contributed by atoms with Gasteiger partial charge in [0.25, 0.3) is 0 Å². The maximum absolute atomic E-state index is 12.6. The van der Waals surface area contributed by atoms with Crippen LogP contribution in [0.25, 0.3) is 0 Å². The molecule has 39 heavy (non-hydrogen) atoms. The molecular formula is C28H23F5O4S2. The van der Waals surface area contributed by atoms with Gasteiger partial charge >= 0.3 is 0 Å². The van der Waals surface area contributed by atoms with Crippen LogP contribution in [-0.2, 0) is 21.0 Å². The van der Waals surface area contributed by atoms with Gasteiger partial charge in [0.05, 0.1) is 10.9 Å². The lowest BCUT2D eigenvalue weighted by atomic mass is 10.2. The first-order valence-electron chi connectivity index (χ1n) is 11.3. The first-order valence-corrected chi connectivity index (χ1v) is 13.9. The van der Waals surface area contributed by atoms with E-state index in [4.69, 9.17) is 4.74 Å². The van der Waals surface area contributed by atoms with E-state index < -0.39 is 44.1 Å². The van der Waals surface area contributed by atoms with Crippen LogP contribution in [0.3, 0.4) is 0 Å². The Kier molecular flexibility index (Phi) is 9.42. The lowest BCUT2D eigenvalue weighted by molar-refractivity contribution is 0.130. The summed E-state index contributed by atoms with van der Waals surface area (Å²) in [5, 5.41) is 0. The zero-order valence-corrected chi connectivity index (χ0v) is 22.6. The van der Waals surface area contributed by atoms with E-state index >= 15 is 0 Å². The zero-order chi connectivity index (χ0) is 29.0. The summed E-state index contributed by atoms with van der Waals surface area (Å²) < 4.78 is 99.0. The molecule has 206 valence electrons. The molecule has 0 saturated heterocycles. The highest BCUT2D eigenvalue weighted by molar-refractivity contribution is 7.97. The summed E-state index contributed by atoms with van der Waals surface area (Å²) in [7, 11) is -5.91. The quantitative estimate of drug-likeness (QED) is 0.0818. The Hall–Kier alpha value is -3.41. The van der Waals surface area contributed by atoms with Gasteiger partial charge < -0.3 is 9.29 Å². The van der Waals surface area contributed by atoms with Gasteiger partial charge in [-0.15, -0.1) is 0 Å². The third-order valence-electron chi connectivity index (χ3n) is 4.84. The Bertz CT molecular complexity index is 1470. The SMILES string of the molecule is CC(C)(C)Oc1cccc([S+](c2ccccc2)c2ccccc2)c1.O=S(=O)([O-])c1c(F)c(F)c(F)c(F)c1F. The van der Waals surface area contributed by atoms with Crippen molar-refractivity contribution in [1.29, 1.82) is 0 Å². The average molecular weight is 583 g/mol. The van der Waals surface area contributed by atoms with Gasteiger partial charge in [-0.25, -0.2) is 30.4 Å². The molecule has 11 heteroatoms. The Morgan fingerprint density at radius 3 is 1.46 bits per heavy atom.